The molecule has 4 nitrogen and oxygen atoms in total. The third kappa shape index (κ3) is 6.93. The normalized spacial score (nSPS) is 11.1. The zero-order valence-electron chi connectivity index (χ0n) is 14.0. The molecule has 0 saturated heterocycles. The fourth-order valence-electron chi connectivity index (χ4n) is 2.36. The first-order valence-electron chi connectivity index (χ1n) is 8.03. The van der Waals surface area contributed by atoms with Crippen molar-refractivity contribution in [3.05, 3.63) is 23.8 Å². The number of nitrogens with two attached hydrogens (primary N) is 1. The average Bonchev–Trinajstić information content (AvgIpc) is 2.47. The number of hydrogen-bond acceptors (Lipinski definition) is 3. The number of aryl methyl sites for hydroxylation is 1. The molecule has 0 aliphatic rings. The van der Waals surface area contributed by atoms with E-state index in [-0.39, 0.29) is 0 Å². The van der Waals surface area contributed by atoms with E-state index in [0.29, 0.717) is 0 Å². The van der Waals surface area contributed by atoms with Crippen molar-refractivity contribution in [3.63, 3.8) is 0 Å². The van der Waals surface area contributed by atoms with Crippen LogP contribution in [0.25, 0.3) is 0 Å². The van der Waals surface area contributed by atoms with Crippen LogP contribution in [0.3, 0.4) is 0 Å². The smallest absolute Gasteiger partial charge is 0.162 e. The number of nitrogens with zero attached hydrogens (tertiary/aromatic N) is 1. The fourth-order valence-corrected chi connectivity index (χ4v) is 2.36. The molecule has 0 spiro atoms. The summed E-state index contributed by atoms with van der Waals surface area (Å²) in [6, 6.07) is 6.13. The Hall–Kier alpha value is -1.10. The van der Waals surface area contributed by atoms with Crippen LogP contribution in [0.15, 0.2) is 18.2 Å². The van der Waals surface area contributed by atoms with Crippen molar-refractivity contribution in [3.8, 4) is 5.75 Å². The molecule has 0 amide bonds. The SMILES string of the molecule is CCCCN(CCC)CCOc1ccc([NH2+]OC)cc1C. The predicted octanol–water partition coefficient (Wildman–Crippen LogP) is 2.64. The van der Waals surface area contributed by atoms with Gasteiger partial charge in [0.25, 0.3) is 0 Å². The maximum absolute atomic E-state index is 5.93. The van der Waals surface area contributed by atoms with Crippen LogP contribution in [-0.2, 0) is 4.84 Å². The van der Waals surface area contributed by atoms with Crippen molar-refractivity contribution in [1.29, 1.82) is 0 Å². The number of ether oxygens (including phenoxy) is 1. The summed E-state index contributed by atoms with van der Waals surface area (Å²) in [6.07, 6.45) is 3.71. The quantitative estimate of drug-likeness (QED) is 0.504. The minimum Gasteiger partial charge on any atom is -0.492 e. The van der Waals surface area contributed by atoms with E-state index in [4.69, 9.17) is 9.57 Å². The van der Waals surface area contributed by atoms with E-state index in [1.807, 2.05) is 12.1 Å². The molecule has 0 unspecified atom stereocenters. The molecule has 4 heteroatoms. The summed E-state index contributed by atoms with van der Waals surface area (Å²) in [5, 5.41) is 0. The number of rotatable bonds is 11. The minimum absolute atomic E-state index is 0.748. The molecule has 120 valence electrons. The van der Waals surface area contributed by atoms with E-state index in [1.165, 1.54) is 25.8 Å². The van der Waals surface area contributed by atoms with Crippen molar-refractivity contribution in [2.24, 2.45) is 0 Å². The van der Waals surface area contributed by atoms with Gasteiger partial charge in [-0.25, -0.2) is 4.84 Å². The number of hydrogen-bond donors (Lipinski definition) is 1. The van der Waals surface area contributed by atoms with E-state index < -0.39 is 0 Å². The largest absolute Gasteiger partial charge is 0.492 e. The second-order valence-electron chi connectivity index (χ2n) is 5.42. The first kappa shape index (κ1) is 18.0. The van der Waals surface area contributed by atoms with Crippen LogP contribution in [0.2, 0.25) is 0 Å². The Balaban J connectivity index is 2.42. The lowest BCUT2D eigenvalue weighted by Gasteiger charge is -2.21. The number of quaternary nitrogens is 1. The molecule has 0 bridgehead atoms. The van der Waals surface area contributed by atoms with E-state index in [1.54, 1.807) is 12.6 Å². The highest BCUT2D eigenvalue weighted by atomic mass is 16.6. The van der Waals surface area contributed by atoms with Crippen molar-refractivity contribution >= 4 is 5.69 Å². The Kier molecular flexibility index (Phi) is 9.06. The Morgan fingerprint density at radius 2 is 1.90 bits per heavy atom. The third-order valence-electron chi connectivity index (χ3n) is 3.49. The molecule has 0 aromatic heterocycles. The Morgan fingerprint density at radius 1 is 1.10 bits per heavy atom. The van der Waals surface area contributed by atoms with Crippen LogP contribution < -0.4 is 10.2 Å². The molecular formula is C17H31N2O2+. The average molecular weight is 295 g/mol. The van der Waals surface area contributed by atoms with Gasteiger partial charge in [-0.2, -0.15) is 5.48 Å². The fraction of sp³-hybridized carbons (Fsp3) is 0.647. The third-order valence-corrected chi connectivity index (χ3v) is 3.49. The van der Waals surface area contributed by atoms with Crippen LogP contribution in [0.5, 0.6) is 5.75 Å². The van der Waals surface area contributed by atoms with Gasteiger partial charge >= 0.3 is 0 Å². The highest BCUT2D eigenvalue weighted by Gasteiger charge is 2.06. The molecule has 0 aliphatic carbocycles. The van der Waals surface area contributed by atoms with Gasteiger partial charge in [0.05, 0.1) is 7.11 Å². The van der Waals surface area contributed by atoms with Gasteiger partial charge in [-0.15, -0.1) is 0 Å². The lowest BCUT2D eigenvalue weighted by Crippen LogP contribution is -2.75. The molecule has 0 fully saturated rings. The Labute approximate surface area is 129 Å². The number of unbranched alkanes of at least 4 members (excludes halogenated alkanes) is 1. The van der Waals surface area contributed by atoms with Gasteiger partial charge < -0.3 is 4.74 Å². The molecule has 2 N–H and O–H groups in total. The highest BCUT2D eigenvalue weighted by Crippen LogP contribution is 2.19. The van der Waals surface area contributed by atoms with Crippen molar-refractivity contribution < 1.29 is 15.1 Å². The van der Waals surface area contributed by atoms with Crippen molar-refractivity contribution in [1.82, 2.24) is 4.90 Å². The molecule has 0 atom stereocenters. The monoisotopic (exact) mass is 295 g/mol. The molecular weight excluding hydrogens is 264 g/mol. The first-order valence-corrected chi connectivity index (χ1v) is 8.03. The van der Waals surface area contributed by atoms with Crippen LogP contribution in [0.1, 0.15) is 38.7 Å². The van der Waals surface area contributed by atoms with Gasteiger partial charge in [0.15, 0.2) is 5.69 Å². The van der Waals surface area contributed by atoms with Crippen molar-refractivity contribution in [2.45, 2.75) is 40.0 Å². The Bertz CT molecular complexity index is 396. The zero-order valence-corrected chi connectivity index (χ0v) is 14.0. The van der Waals surface area contributed by atoms with E-state index in [2.05, 4.69) is 31.7 Å². The summed E-state index contributed by atoms with van der Waals surface area (Å²) in [6.45, 7) is 10.6. The summed E-state index contributed by atoms with van der Waals surface area (Å²) in [5.74, 6) is 0.968. The molecule has 0 radical (unpaired) electrons. The maximum Gasteiger partial charge on any atom is 0.162 e. The number of benzene rings is 1. The predicted molar refractivity (Wildman–Crippen MR) is 86.9 cm³/mol. The second kappa shape index (κ2) is 10.6. The van der Waals surface area contributed by atoms with Crippen LogP contribution in [0.4, 0.5) is 5.69 Å². The van der Waals surface area contributed by atoms with Gasteiger partial charge in [0.2, 0.25) is 0 Å². The van der Waals surface area contributed by atoms with Gasteiger partial charge in [-0.1, -0.05) is 20.3 Å². The standard InChI is InChI=1S/C17H30N2O2/c1-5-7-11-19(10-6-2)12-13-21-17-9-8-16(18-20-4)14-15(17)3/h8-9,14,18H,5-7,10-13H2,1-4H3/p+1. The van der Waals surface area contributed by atoms with Gasteiger partial charge in [0.1, 0.15) is 12.4 Å². The van der Waals surface area contributed by atoms with E-state index in [9.17, 15) is 0 Å². The van der Waals surface area contributed by atoms with Crippen LogP contribution in [-0.4, -0.2) is 38.3 Å². The lowest BCUT2D eigenvalue weighted by molar-refractivity contribution is -0.830. The lowest BCUT2D eigenvalue weighted by atomic mass is 10.2. The molecule has 0 aliphatic heterocycles. The molecule has 0 heterocycles. The summed E-state index contributed by atoms with van der Waals surface area (Å²) in [4.78, 5) is 7.52. The summed E-state index contributed by atoms with van der Waals surface area (Å²) < 4.78 is 5.93. The zero-order chi connectivity index (χ0) is 15.5. The van der Waals surface area contributed by atoms with Crippen molar-refractivity contribution in [2.75, 3.05) is 33.4 Å². The van der Waals surface area contributed by atoms with E-state index in [0.717, 1.165) is 36.7 Å². The molecule has 1 aromatic carbocycles. The Morgan fingerprint density at radius 3 is 2.52 bits per heavy atom. The van der Waals surface area contributed by atoms with Crippen LogP contribution >= 0.6 is 0 Å². The molecule has 21 heavy (non-hydrogen) atoms. The van der Waals surface area contributed by atoms with E-state index >= 15 is 0 Å². The van der Waals surface area contributed by atoms with Gasteiger partial charge in [-0.05, 0) is 44.5 Å². The second-order valence-corrected chi connectivity index (χ2v) is 5.42. The summed E-state index contributed by atoms with van der Waals surface area (Å²) >= 11 is 0. The summed E-state index contributed by atoms with van der Waals surface area (Å²) in [5.41, 5.74) is 3.96. The first-order chi connectivity index (χ1) is 10.2. The molecule has 1 aromatic rings. The maximum atomic E-state index is 5.93. The summed E-state index contributed by atoms with van der Waals surface area (Å²) in [7, 11) is 1.67. The van der Waals surface area contributed by atoms with Crippen LogP contribution in [0, 0.1) is 6.92 Å². The molecule has 0 saturated carbocycles. The molecule has 1 rings (SSSR count). The topological polar surface area (TPSA) is 38.3 Å². The highest BCUT2D eigenvalue weighted by molar-refractivity contribution is 5.42. The minimum atomic E-state index is 0.748. The van der Waals surface area contributed by atoms with Gasteiger partial charge in [-0.3, -0.25) is 4.90 Å². The van der Waals surface area contributed by atoms with Gasteiger partial charge in [0, 0.05) is 18.7 Å².